The molecule has 2 rings (SSSR count). The quantitative estimate of drug-likeness (QED) is 0.813. The third kappa shape index (κ3) is 3.95. The van der Waals surface area contributed by atoms with Crippen LogP contribution in [-0.4, -0.2) is 12.1 Å². The fourth-order valence-electron chi connectivity index (χ4n) is 1.92. The molecule has 0 bridgehead atoms. The minimum absolute atomic E-state index is 0.361. The molecule has 0 spiro atoms. The first-order valence-electron chi connectivity index (χ1n) is 6.37. The molecule has 0 fully saturated rings. The first-order chi connectivity index (χ1) is 10.0. The molecule has 0 aromatic heterocycles. The van der Waals surface area contributed by atoms with Crippen LogP contribution in [0, 0.1) is 6.92 Å². The number of nitrogens with two attached hydrogens (primary N) is 1. The van der Waals surface area contributed by atoms with Gasteiger partial charge >= 0.3 is 0 Å². The van der Waals surface area contributed by atoms with Crippen molar-refractivity contribution in [3.05, 3.63) is 57.6 Å². The van der Waals surface area contributed by atoms with Crippen LogP contribution in [0.15, 0.2) is 40.9 Å². The molecule has 0 saturated carbocycles. The van der Waals surface area contributed by atoms with Crippen LogP contribution in [0.3, 0.4) is 0 Å². The van der Waals surface area contributed by atoms with E-state index >= 15 is 0 Å². The van der Waals surface area contributed by atoms with Crippen molar-refractivity contribution in [1.29, 1.82) is 0 Å². The molecule has 0 heterocycles. The normalized spacial score (nSPS) is 10.2. The van der Waals surface area contributed by atoms with Crippen molar-refractivity contribution in [2.45, 2.75) is 13.5 Å². The van der Waals surface area contributed by atoms with Gasteiger partial charge in [-0.15, -0.1) is 0 Å². The molecule has 0 radical (unpaired) electrons. The average Bonchev–Trinajstić information content (AvgIpc) is 2.46. The van der Waals surface area contributed by atoms with E-state index in [0.717, 1.165) is 32.7 Å². The van der Waals surface area contributed by atoms with E-state index in [-0.39, 0.29) is 0 Å². The molecule has 0 unspecified atom stereocenters. The molecule has 0 aliphatic rings. The summed E-state index contributed by atoms with van der Waals surface area (Å²) in [6.07, 6.45) is 0. The Hall–Kier alpha value is -1.59. The maximum Gasteiger partial charge on any atom is 0.125 e. The van der Waals surface area contributed by atoms with Crippen molar-refractivity contribution in [3.8, 4) is 11.5 Å². The van der Waals surface area contributed by atoms with Crippen LogP contribution in [0.1, 0.15) is 16.7 Å². The van der Waals surface area contributed by atoms with E-state index < -0.39 is 0 Å². The summed E-state index contributed by atoms with van der Waals surface area (Å²) in [6, 6.07) is 11.5. The molecule has 0 atom stereocenters. The number of halogens is 1. The zero-order chi connectivity index (χ0) is 15.4. The summed E-state index contributed by atoms with van der Waals surface area (Å²) >= 11 is 8.45. The van der Waals surface area contributed by atoms with Gasteiger partial charge in [0.15, 0.2) is 0 Å². The molecule has 2 aromatic carbocycles. The largest absolute Gasteiger partial charge is 0.496 e. The van der Waals surface area contributed by atoms with Gasteiger partial charge in [0.1, 0.15) is 23.1 Å². The van der Waals surface area contributed by atoms with Gasteiger partial charge in [-0.1, -0.05) is 40.3 Å². The van der Waals surface area contributed by atoms with E-state index in [1.165, 1.54) is 0 Å². The predicted octanol–water partition coefficient (Wildman–Crippen LogP) is 3.98. The highest BCUT2D eigenvalue weighted by Gasteiger charge is 2.08. The monoisotopic (exact) mass is 365 g/mol. The van der Waals surface area contributed by atoms with Gasteiger partial charge in [0.2, 0.25) is 0 Å². The summed E-state index contributed by atoms with van der Waals surface area (Å²) in [4.78, 5) is 0.361. The van der Waals surface area contributed by atoms with Gasteiger partial charge in [-0.3, -0.25) is 0 Å². The number of aryl methyl sites for hydroxylation is 1. The molecule has 2 N–H and O–H groups in total. The summed E-state index contributed by atoms with van der Waals surface area (Å²) < 4.78 is 12.2. The Kier molecular flexibility index (Phi) is 5.20. The van der Waals surface area contributed by atoms with E-state index in [4.69, 9.17) is 27.4 Å². The smallest absolute Gasteiger partial charge is 0.125 e. The Bertz CT molecular complexity index is 673. The first kappa shape index (κ1) is 15.8. The zero-order valence-electron chi connectivity index (χ0n) is 11.9. The molecule has 21 heavy (non-hydrogen) atoms. The fraction of sp³-hybridized carbons (Fsp3) is 0.188. The van der Waals surface area contributed by atoms with Crippen molar-refractivity contribution >= 4 is 33.1 Å². The molecule has 0 amide bonds. The molecule has 5 heteroatoms. The number of hydrogen-bond acceptors (Lipinski definition) is 3. The predicted molar refractivity (Wildman–Crippen MR) is 92.1 cm³/mol. The highest BCUT2D eigenvalue weighted by molar-refractivity contribution is 9.10. The molecule has 0 saturated heterocycles. The third-order valence-corrected chi connectivity index (χ3v) is 3.83. The lowest BCUT2D eigenvalue weighted by Crippen LogP contribution is -2.09. The lowest BCUT2D eigenvalue weighted by Gasteiger charge is -2.13. The number of hydrogen-bond donors (Lipinski definition) is 1. The van der Waals surface area contributed by atoms with E-state index in [1.807, 2.05) is 43.3 Å². The van der Waals surface area contributed by atoms with Crippen molar-refractivity contribution in [2.24, 2.45) is 5.73 Å². The highest BCUT2D eigenvalue weighted by Crippen LogP contribution is 2.26. The van der Waals surface area contributed by atoms with Crippen LogP contribution in [0.5, 0.6) is 11.5 Å². The lowest BCUT2D eigenvalue weighted by molar-refractivity contribution is 0.294. The van der Waals surface area contributed by atoms with E-state index in [0.29, 0.717) is 11.6 Å². The first-order valence-corrected chi connectivity index (χ1v) is 7.57. The van der Waals surface area contributed by atoms with Crippen molar-refractivity contribution < 1.29 is 9.47 Å². The number of rotatable bonds is 5. The zero-order valence-corrected chi connectivity index (χ0v) is 14.3. The van der Waals surface area contributed by atoms with Gasteiger partial charge in [-0.2, -0.15) is 0 Å². The fourth-order valence-corrected chi connectivity index (χ4v) is 2.46. The highest BCUT2D eigenvalue weighted by atomic mass is 79.9. The summed E-state index contributed by atoms with van der Waals surface area (Å²) in [6.45, 7) is 2.39. The van der Waals surface area contributed by atoms with E-state index in [2.05, 4.69) is 15.9 Å². The maximum atomic E-state index is 5.90. The number of ether oxygens (including phenoxy) is 2. The maximum absolute atomic E-state index is 5.90. The van der Waals surface area contributed by atoms with Crippen LogP contribution in [0.2, 0.25) is 0 Å². The molecule has 110 valence electrons. The third-order valence-electron chi connectivity index (χ3n) is 3.10. The Morgan fingerprint density at radius 2 is 1.95 bits per heavy atom. The molecule has 0 aliphatic carbocycles. The van der Waals surface area contributed by atoms with Gasteiger partial charge < -0.3 is 15.2 Å². The van der Waals surface area contributed by atoms with Gasteiger partial charge in [0.25, 0.3) is 0 Å². The van der Waals surface area contributed by atoms with Crippen molar-refractivity contribution in [3.63, 3.8) is 0 Å². The SMILES string of the molecule is COc1ccc(Br)cc1COc1cc(C(N)=S)ccc1C. The van der Waals surface area contributed by atoms with E-state index in [9.17, 15) is 0 Å². The Balaban J connectivity index is 2.22. The van der Waals surface area contributed by atoms with Gasteiger partial charge in [0.05, 0.1) is 7.11 Å². The topological polar surface area (TPSA) is 44.5 Å². The Morgan fingerprint density at radius 3 is 2.62 bits per heavy atom. The second kappa shape index (κ2) is 6.91. The summed E-state index contributed by atoms with van der Waals surface area (Å²) in [7, 11) is 1.64. The molecular weight excluding hydrogens is 350 g/mol. The standard InChI is InChI=1S/C16H16BrNO2S/c1-10-3-4-11(16(18)21)8-15(10)20-9-12-7-13(17)5-6-14(12)19-2/h3-8H,9H2,1-2H3,(H2,18,21). The van der Waals surface area contributed by atoms with Gasteiger partial charge in [-0.25, -0.2) is 0 Å². The number of methoxy groups -OCH3 is 1. The minimum atomic E-state index is 0.361. The Morgan fingerprint density at radius 1 is 1.19 bits per heavy atom. The summed E-state index contributed by atoms with van der Waals surface area (Å²) in [5.41, 5.74) is 8.45. The molecule has 3 nitrogen and oxygen atoms in total. The van der Waals surface area contributed by atoms with Crippen LogP contribution in [0.25, 0.3) is 0 Å². The summed E-state index contributed by atoms with van der Waals surface area (Å²) in [5, 5.41) is 0. The van der Waals surface area contributed by atoms with Gasteiger partial charge in [-0.05, 0) is 36.8 Å². The molecule has 2 aromatic rings. The average molecular weight is 366 g/mol. The Labute approximate surface area is 138 Å². The second-order valence-electron chi connectivity index (χ2n) is 4.59. The minimum Gasteiger partial charge on any atom is -0.496 e. The van der Waals surface area contributed by atoms with Crippen molar-refractivity contribution in [2.75, 3.05) is 7.11 Å². The van der Waals surface area contributed by atoms with Crippen LogP contribution < -0.4 is 15.2 Å². The lowest BCUT2D eigenvalue weighted by atomic mass is 10.1. The molecular formula is C16H16BrNO2S. The molecule has 0 aliphatic heterocycles. The summed E-state index contributed by atoms with van der Waals surface area (Å²) in [5.74, 6) is 1.56. The van der Waals surface area contributed by atoms with Gasteiger partial charge in [0, 0.05) is 15.6 Å². The second-order valence-corrected chi connectivity index (χ2v) is 5.94. The number of benzene rings is 2. The van der Waals surface area contributed by atoms with Crippen molar-refractivity contribution in [1.82, 2.24) is 0 Å². The number of thiocarbonyl (C=S) groups is 1. The van der Waals surface area contributed by atoms with Crippen LogP contribution >= 0.6 is 28.1 Å². The van der Waals surface area contributed by atoms with E-state index in [1.54, 1.807) is 7.11 Å². The van der Waals surface area contributed by atoms with Crippen LogP contribution in [0.4, 0.5) is 0 Å². The van der Waals surface area contributed by atoms with Crippen LogP contribution in [-0.2, 0) is 6.61 Å².